The van der Waals surface area contributed by atoms with Gasteiger partial charge in [-0.1, -0.05) is 0 Å². The number of nitrogens with one attached hydrogen (secondary N) is 1. The fourth-order valence-electron chi connectivity index (χ4n) is 5.39. The average molecular weight is 469 g/mol. The number of anilines is 1. The van der Waals surface area contributed by atoms with E-state index >= 15 is 0 Å². The molecular weight excluding hydrogens is 440 g/mol. The summed E-state index contributed by atoms with van der Waals surface area (Å²) in [5.74, 6) is 1.23. The third-order valence-electron chi connectivity index (χ3n) is 7.26. The SMILES string of the molecule is COc1cc(OC)cc(C(=O)N2CCC3(CC2)Nc2cc(-n4cccc4)ccc2-n2cccc23)c1. The number of rotatable bonds is 4. The fraction of sp³-hybridized carbons (Fsp3) is 0.250. The number of methoxy groups -OCH3 is 2. The third-order valence-corrected chi connectivity index (χ3v) is 7.26. The number of amides is 1. The van der Waals surface area contributed by atoms with Crippen LogP contribution in [-0.2, 0) is 5.54 Å². The number of piperidine rings is 1. The van der Waals surface area contributed by atoms with Crippen LogP contribution in [0.3, 0.4) is 0 Å². The molecule has 35 heavy (non-hydrogen) atoms. The van der Waals surface area contributed by atoms with Crippen LogP contribution in [0.2, 0.25) is 0 Å². The smallest absolute Gasteiger partial charge is 0.254 e. The van der Waals surface area contributed by atoms with Crippen molar-refractivity contribution in [3.63, 3.8) is 0 Å². The van der Waals surface area contributed by atoms with Crippen molar-refractivity contribution < 1.29 is 14.3 Å². The molecule has 6 rings (SSSR count). The number of nitrogens with zero attached hydrogens (tertiary/aromatic N) is 3. The Kier molecular flexibility index (Phi) is 5.06. The number of aromatic nitrogens is 2. The van der Waals surface area contributed by atoms with Gasteiger partial charge in [0.1, 0.15) is 11.5 Å². The Balaban J connectivity index is 1.27. The molecule has 0 bridgehead atoms. The lowest BCUT2D eigenvalue weighted by atomic mass is 9.82. The Bertz CT molecular complexity index is 1360. The first kappa shape index (κ1) is 21.4. The molecule has 2 aliphatic rings. The highest BCUT2D eigenvalue weighted by atomic mass is 16.5. The minimum atomic E-state index is -0.228. The van der Waals surface area contributed by atoms with Crippen LogP contribution in [0.15, 0.2) is 79.3 Å². The van der Waals surface area contributed by atoms with Gasteiger partial charge in [-0.25, -0.2) is 0 Å². The van der Waals surface area contributed by atoms with Gasteiger partial charge in [0.05, 0.1) is 31.1 Å². The van der Waals surface area contributed by atoms with E-state index < -0.39 is 0 Å². The van der Waals surface area contributed by atoms with E-state index in [1.54, 1.807) is 32.4 Å². The van der Waals surface area contributed by atoms with Gasteiger partial charge >= 0.3 is 0 Å². The third kappa shape index (κ3) is 3.55. The van der Waals surface area contributed by atoms with Gasteiger partial charge in [-0.15, -0.1) is 0 Å². The summed E-state index contributed by atoms with van der Waals surface area (Å²) in [5.41, 5.74) is 4.97. The highest BCUT2D eigenvalue weighted by Gasteiger charge is 2.42. The van der Waals surface area contributed by atoms with Gasteiger partial charge in [-0.05, 0) is 67.4 Å². The average Bonchev–Trinajstić information content (AvgIpc) is 3.61. The number of fused-ring (bicyclic) bond motifs is 4. The summed E-state index contributed by atoms with van der Waals surface area (Å²) in [5, 5.41) is 3.88. The second kappa shape index (κ2) is 8.27. The molecule has 0 radical (unpaired) electrons. The van der Waals surface area contributed by atoms with E-state index in [9.17, 15) is 4.79 Å². The molecule has 1 saturated heterocycles. The van der Waals surface area contributed by atoms with Crippen molar-refractivity contribution >= 4 is 11.6 Å². The predicted molar refractivity (Wildman–Crippen MR) is 135 cm³/mol. The standard InChI is InChI=1S/C28H28N4O3/c1-34-22-16-20(17-23(19-22)35-2)27(33)31-14-9-28(10-15-31)26-6-5-13-32(26)25-8-7-21(18-24(25)29-28)30-11-3-4-12-30/h3-8,11-13,16-19,29H,9-10,14-15H2,1-2H3. The van der Waals surface area contributed by atoms with Crippen LogP contribution in [0.25, 0.3) is 11.4 Å². The zero-order chi connectivity index (χ0) is 24.0. The van der Waals surface area contributed by atoms with Crippen molar-refractivity contribution in [1.29, 1.82) is 0 Å². The van der Waals surface area contributed by atoms with E-state index in [1.165, 1.54) is 5.69 Å². The summed E-state index contributed by atoms with van der Waals surface area (Å²) in [6, 6.07) is 20.2. The van der Waals surface area contributed by atoms with E-state index in [0.29, 0.717) is 30.2 Å². The van der Waals surface area contributed by atoms with Crippen molar-refractivity contribution in [3.8, 4) is 22.9 Å². The van der Waals surface area contributed by atoms with Crippen LogP contribution in [-0.4, -0.2) is 47.3 Å². The normalized spacial score (nSPS) is 15.8. The Morgan fingerprint density at radius 3 is 2.29 bits per heavy atom. The number of hydrogen-bond acceptors (Lipinski definition) is 4. The second-order valence-electron chi connectivity index (χ2n) is 9.16. The zero-order valence-electron chi connectivity index (χ0n) is 19.9. The lowest BCUT2D eigenvalue weighted by Crippen LogP contribution is -2.51. The second-order valence-corrected chi connectivity index (χ2v) is 9.16. The fourth-order valence-corrected chi connectivity index (χ4v) is 5.39. The molecule has 1 spiro atoms. The predicted octanol–water partition coefficient (Wildman–Crippen LogP) is 4.84. The van der Waals surface area contributed by atoms with Gasteiger partial charge in [-0.2, -0.15) is 0 Å². The van der Waals surface area contributed by atoms with Crippen LogP contribution < -0.4 is 14.8 Å². The first-order valence-electron chi connectivity index (χ1n) is 11.9. The maximum Gasteiger partial charge on any atom is 0.254 e. The molecule has 4 aromatic rings. The van der Waals surface area contributed by atoms with E-state index in [1.807, 2.05) is 17.0 Å². The summed E-state index contributed by atoms with van der Waals surface area (Å²) in [6.07, 6.45) is 7.87. The number of ether oxygens (including phenoxy) is 2. The highest BCUT2D eigenvalue weighted by molar-refractivity contribution is 5.95. The maximum atomic E-state index is 13.4. The lowest BCUT2D eigenvalue weighted by molar-refractivity contribution is 0.0675. The molecular formula is C28H28N4O3. The molecule has 0 atom stereocenters. The van der Waals surface area contributed by atoms with Gasteiger partial charge in [0.2, 0.25) is 0 Å². The lowest BCUT2D eigenvalue weighted by Gasteiger charge is -2.46. The number of carbonyl (C=O) groups is 1. The molecule has 1 N–H and O–H groups in total. The Hall–Kier alpha value is -4.13. The maximum absolute atomic E-state index is 13.4. The van der Waals surface area contributed by atoms with Crippen LogP contribution in [0.4, 0.5) is 5.69 Å². The zero-order valence-corrected chi connectivity index (χ0v) is 19.9. The monoisotopic (exact) mass is 468 g/mol. The van der Waals surface area contributed by atoms with E-state index in [-0.39, 0.29) is 11.4 Å². The molecule has 2 aliphatic heterocycles. The number of hydrogen-bond donors (Lipinski definition) is 1. The molecule has 0 aliphatic carbocycles. The summed E-state index contributed by atoms with van der Waals surface area (Å²) in [6.45, 7) is 1.31. The van der Waals surface area contributed by atoms with Gasteiger partial charge in [0, 0.05) is 54.7 Å². The number of carbonyl (C=O) groups excluding carboxylic acids is 1. The Morgan fingerprint density at radius 2 is 1.60 bits per heavy atom. The van der Waals surface area contributed by atoms with Crippen LogP contribution in [0, 0.1) is 0 Å². The minimum absolute atomic E-state index is 0.00136. The molecule has 178 valence electrons. The van der Waals surface area contributed by atoms with Crippen LogP contribution in [0.1, 0.15) is 28.9 Å². The first-order chi connectivity index (χ1) is 17.1. The van der Waals surface area contributed by atoms with E-state index in [0.717, 1.165) is 29.9 Å². The molecule has 1 fully saturated rings. The Morgan fingerprint density at radius 1 is 0.886 bits per heavy atom. The van der Waals surface area contributed by atoms with Crippen LogP contribution >= 0.6 is 0 Å². The van der Waals surface area contributed by atoms with E-state index in [4.69, 9.17) is 9.47 Å². The molecule has 2 aromatic heterocycles. The molecule has 0 unspecified atom stereocenters. The highest BCUT2D eigenvalue weighted by Crippen LogP contribution is 2.44. The molecule has 7 heteroatoms. The number of benzene rings is 2. The minimum Gasteiger partial charge on any atom is -0.497 e. The quantitative estimate of drug-likeness (QED) is 0.466. The van der Waals surface area contributed by atoms with Gasteiger partial charge in [0.15, 0.2) is 0 Å². The summed E-state index contributed by atoms with van der Waals surface area (Å²) >= 11 is 0. The van der Waals surface area contributed by atoms with Gasteiger partial charge in [0.25, 0.3) is 5.91 Å². The molecule has 1 amide bonds. The molecule has 2 aromatic carbocycles. The van der Waals surface area contributed by atoms with Crippen molar-refractivity contribution in [2.45, 2.75) is 18.4 Å². The van der Waals surface area contributed by atoms with E-state index in [2.05, 4.69) is 63.4 Å². The largest absolute Gasteiger partial charge is 0.497 e. The van der Waals surface area contributed by atoms with Crippen LogP contribution in [0.5, 0.6) is 11.5 Å². The topological polar surface area (TPSA) is 60.7 Å². The Labute approximate surface area is 204 Å². The van der Waals surface area contributed by atoms with Crippen molar-refractivity contribution in [2.75, 3.05) is 32.6 Å². The summed E-state index contributed by atoms with van der Waals surface area (Å²) in [7, 11) is 3.19. The molecule has 4 heterocycles. The van der Waals surface area contributed by atoms with Crippen molar-refractivity contribution in [3.05, 3.63) is 90.5 Å². The van der Waals surface area contributed by atoms with Crippen molar-refractivity contribution in [2.24, 2.45) is 0 Å². The van der Waals surface area contributed by atoms with Gasteiger partial charge in [-0.3, -0.25) is 4.79 Å². The summed E-state index contributed by atoms with van der Waals surface area (Å²) in [4.78, 5) is 15.3. The van der Waals surface area contributed by atoms with Gasteiger partial charge < -0.3 is 28.8 Å². The summed E-state index contributed by atoms with van der Waals surface area (Å²) < 4.78 is 15.1. The first-order valence-corrected chi connectivity index (χ1v) is 11.9. The molecule has 7 nitrogen and oxygen atoms in total. The number of likely N-dealkylation sites (tertiary alicyclic amines) is 1. The molecule has 0 saturated carbocycles. The van der Waals surface area contributed by atoms with Crippen molar-refractivity contribution in [1.82, 2.24) is 14.0 Å².